The van der Waals surface area contributed by atoms with Crippen molar-refractivity contribution in [3.8, 4) is 23.1 Å². The summed E-state index contributed by atoms with van der Waals surface area (Å²) in [5.41, 5.74) is 1.03. The fraction of sp³-hybridized carbons (Fsp3) is 0.238. The number of rotatable bonds is 6. The molecule has 4 rings (SSSR count). The second kappa shape index (κ2) is 8.79. The minimum atomic E-state index is -0.548. The van der Waals surface area contributed by atoms with E-state index < -0.39 is 5.41 Å². The Balaban J connectivity index is 0.00000256. The number of ether oxygens (including phenoxy) is 2. The first-order valence-corrected chi connectivity index (χ1v) is 8.97. The van der Waals surface area contributed by atoms with E-state index >= 15 is 0 Å². The molecule has 0 aliphatic rings. The summed E-state index contributed by atoms with van der Waals surface area (Å²) in [7, 11) is 3.26. The SMILES string of the molecule is COc1cc(-n2[c-]ncc2)nc(C(C)(C)c2cc(OC)cc(-n3[c-]ncc3)n2)c1.[Pt+2]. The van der Waals surface area contributed by atoms with E-state index in [1.54, 1.807) is 48.1 Å². The largest absolute Gasteiger partial charge is 2.00 e. The van der Waals surface area contributed by atoms with Crippen molar-refractivity contribution in [1.82, 2.24) is 29.1 Å². The summed E-state index contributed by atoms with van der Waals surface area (Å²) >= 11 is 0. The molecule has 0 amide bonds. The van der Waals surface area contributed by atoms with Gasteiger partial charge >= 0.3 is 21.1 Å². The molecule has 0 saturated heterocycles. The van der Waals surface area contributed by atoms with E-state index in [9.17, 15) is 0 Å². The van der Waals surface area contributed by atoms with Gasteiger partial charge in [0, 0.05) is 41.6 Å². The van der Waals surface area contributed by atoms with Gasteiger partial charge in [-0.25, -0.2) is 0 Å². The van der Waals surface area contributed by atoms with Crippen LogP contribution in [-0.2, 0) is 26.5 Å². The molecule has 0 aromatic carbocycles. The van der Waals surface area contributed by atoms with Crippen LogP contribution in [0.5, 0.6) is 11.5 Å². The van der Waals surface area contributed by atoms with Crippen LogP contribution in [0.1, 0.15) is 25.2 Å². The molecule has 0 aliphatic carbocycles. The predicted octanol–water partition coefficient (Wildman–Crippen LogP) is 2.79. The summed E-state index contributed by atoms with van der Waals surface area (Å²) in [6.07, 6.45) is 12.6. The van der Waals surface area contributed by atoms with E-state index in [-0.39, 0.29) is 21.1 Å². The fourth-order valence-electron chi connectivity index (χ4n) is 2.95. The third kappa shape index (κ3) is 4.14. The molecule has 0 saturated carbocycles. The number of hydrogen-bond donors (Lipinski definition) is 0. The molecular formula is C21H20N6O2Pt. The molecule has 9 heteroatoms. The van der Waals surface area contributed by atoms with Gasteiger partial charge in [0.15, 0.2) is 0 Å². The van der Waals surface area contributed by atoms with Crippen molar-refractivity contribution >= 4 is 0 Å². The third-order valence-corrected chi connectivity index (χ3v) is 4.73. The summed E-state index contributed by atoms with van der Waals surface area (Å²) in [5.74, 6) is 2.70. The average Bonchev–Trinajstić information content (AvgIpc) is 3.47. The maximum absolute atomic E-state index is 5.50. The van der Waals surface area contributed by atoms with E-state index in [0.29, 0.717) is 23.1 Å². The first kappa shape index (κ1) is 21.7. The Morgan fingerprint density at radius 1 is 0.767 bits per heavy atom. The third-order valence-electron chi connectivity index (χ3n) is 4.73. The number of imidazole rings is 2. The van der Waals surface area contributed by atoms with Crippen molar-refractivity contribution in [2.45, 2.75) is 19.3 Å². The first-order valence-electron chi connectivity index (χ1n) is 8.97. The average molecular weight is 584 g/mol. The van der Waals surface area contributed by atoms with Crippen molar-refractivity contribution in [3.63, 3.8) is 0 Å². The van der Waals surface area contributed by atoms with Crippen LogP contribution in [0.15, 0.2) is 49.1 Å². The van der Waals surface area contributed by atoms with Gasteiger partial charge in [0.25, 0.3) is 0 Å². The molecule has 0 atom stereocenters. The summed E-state index contributed by atoms with van der Waals surface area (Å²) in [4.78, 5) is 17.6. The Labute approximate surface area is 189 Å². The van der Waals surface area contributed by atoms with Crippen molar-refractivity contribution in [2.24, 2.45) is 0 Å². The zero-order chi connectivity index (χ0) is 20.4. The van der Waals surface area contributed by atoms with Crippen LogP contribution in [0.3, 0.4) is 0 Å². The van der Waals surface area contributed by atoms with Crippen molar-refractivity contribution < 1.29 is 30.5 Å². The molecule has 4 aromatic heterocycles. The van der Waals surface area contributed by atoms with Gasteiger partial charge in [-0.1, -0.05) is 24.8 Å². The molecule has 156 valence electrons. The van der Waals surface area contributed by atoms with Gasteiger partial charge in [-0.15, -0.1) is 0 Å². The Bertz CT molecular complexity index is 1020. The zero-order valence-electron chi connectivity index (χ0n) is 16.9. The Morgan fingerprint density at radius 2 is 1.20 bits per heavy atom. The van der Waals surface area contributed by atoms with Crippen molar-refractivity contribution in [2.75, 3.05) is 14.2 Å². The molecule has 0 unspecified atom stereocenters. The van der Waals surface area contributed by atoms with Crippen LogP contribution in [0.25, 0.3) is 11.6 Å². The van der Waals surface area contributed by atoms with Crippen LogP contribution >= 0.6 is 0 Å². The Hall–Kier alpha value is -2.99. The summed E-state index contributed by atoms with van der Waals surface area (Å²) in [6.45, 7) is 4.11. The van der Waals surface area contributed by atoms with E-state index in [0.717, 1.165) is 11.4 Å². The van der Waals surface area contributed by atoms with Gasteiger partial charge < -0.3 is 28.6 Å². The molecule has 4 heterocycles. The molecule has 0 aliphatic heterocycles. The summed E-state index contributed by atoms with van der Waals surface area (Å²) in [5, 5.41) is 0. The van der Waals surface area contributed by atoms with Crippen molar-refractivity contribution in [3.05, 3.63) is 73.1 Å². The summed E-state index contributed by atoms with van der Waals surface area (Å²) < 4.78 is 14.4. The van der Waals surface area contributed by atoms with Crippen LogP contribution in [0, 0.1) is 12.7 Å². The molecule has 0 N–H and O–H groups in total. The topological polar surface area (TPSA) is 79.9 Å². The van der Waals surface area contributed by atoms with Gasteiger partial charge in [0.05, 0.1) is 25.9 Å². The van der Waals surface area contributed by atoms with Gasteiger partial charge in [0.1, 0.15) is 11.5 Å². The van der Waals surface area contributed by atoms with Crippen LogP contribution in [-0.4, -0.2) is 43.3 Å². The summed E-state index contributed by atoms with van der Waals surface area (Å²) in [6, 6.07) is 7.49. The van der Waals surface area contributed by atoms with E-state index in [1.807, 2.05) is 24.3 Å². The minimum absolute atomic E-state index is 0. The quantitative estimate of drug-likeness (QED) is 0.325. The van der Waals surface area contributed by atoms with Crippen LogP contribution < -0.4 is 9.47 Å². The smallest absolute Gasteiger partial charge is 0.497 e. The molecule has 0 radical (unpaired) electrons. The minimum Gasteiger partial charge on any atom is -0.497 e. The van der Waals surface area contributed by atoms with Gasteiger partial charge in [-0.05, 0) is 26.0 Å². The fourth-order valence-corrected chi connectivity index (χ4v) is 2.95. The van der Waals surface area contributed by atoms with Crippen LogP contribution in [0.2, 0.25) is 0 Å². The Kier molecular flexibility index (Phi) is 6.36. The number of methoxy groups -OCH3 is 2. The van der Waals surface area contributed by atoms with Gasteiger partial charge in [-0.3, -0.25) is 9.97 Å². The predicted molar refractivity (Wildman–Crippen MR) is 106 cm³/mol. The van der Waals surface area contributed by atoms with E-state index in [1.165, 1.54) is 0 Å². The van der Waals surface area contributed by atoms with E-state index in [2.05, 4.69) is 36.5 Å². The molecular weight excluding hydrogens is 563 g/mol. The van der Waals surface area contributed by atoms with Crippen molar-refractivity contribution in [1.29, 1.82) is 0 Å². The normalized spacial score (nSPS) is 11.1. The number of hydrogen-bond acceptors (Lipinski definition) is 6. The van der Waals surface area contributed by atoms with Crippen LogP contribution in [0.4, 0.5) is 0 Å². The molecule has 0 spiro atoms. The number of aromatic nitrogens is 6. The standard InChI is InChI=1S/C21H20N6O2.Pt/c1-21(2,17-9-15(28-3)11-19(24-17)26-7-5-22-13-26)18-10-16(29-4)12-20(25-18)27-8-6-23-14-27;/h5-12H,1-4H3;/q-2;+2. The first-order chi connectivity index (χ1) is 14.0. The molecule has 30 heavy (non-hydrogen) atoms. The van der Waals surface area contributed by atoms with E-state index in [4.69, 9.17) is 19.4 Å². The molecule has 0 bridgehead atoms. The van der Waals surface area contributed by atoms with Gasteiger partial charge in [0.2, 0.25) is 0 Å². The molecule has 0 fully saturated rings. The molecule has 4 aromatic rings. The second-order valence-corrected chi connectivity index (χ2v) is 6.92. The van der Waals surface area contributed by atoms with Gasteiger partial charge in [-0.2, -0.15) is 0 Å². The maximum atomic E-state index is 5.50. The maximum Gasteiger partial charge on any atom is 2.00 e. The second-order valence-electron chi connectivity index (χ2n) is 6.92. The Morgan fingerprint density at radius 3 is 1.53 bits per heavy atom. The zero-order valence-corrected chi connectivity index (χ0v) is 19.2. The number of nitrogens with zero attached hydrogens (tertiary/aromatic N) is 6. The number of pyridine rings is 2. The molecule has 8 nitrogen and oxygen atoms in total. The monoisotopic (exact) mass is 583 g/mol.